The fourth-order valence-corrected chi connectivity index (χ4v) is 5.94. The van der Waals surface area contributed by atoms with Gasteiger partial charge in [0.2, 0.25) is 11.8 Å². The summed E-state index contributed by atoms with van der Waals surface area (Å²) in [6.07, 6.45) is 0.620. The van der Waals surface area contributed by atoms with Gasteiger partial charge in [-0.25, -0.2) is 0 Å². The van der Waals surface area contributed by atoms with Gasteiger partial charge in [-0.3, -0.25) is 14.5 Å². The second-order valence-electron chi connectivity index (χ2n) is 7.95. The van der Waals surface area contributed by atoms with Crippen LogP contribution in [0.4, 0.5) is 11.4 Å². The molecule has 1 N–H and O–H groups in total. The Bertz CT molecular complexity index is 1390. The Morgan fingerprint density at radius 2 is 1.78 bits per heavy atom. The van der Waals surface area contributed by atoms with E-state index in [1.54, 1.807) is 66.7 Å². The molecule has 186 valence electrons. The smallest absolute Gasteiger partial charge is 0.284 e. The van der Waals surface area contributed by atoms with Crippen LogP contribution in [0.15, 0.2) is 88.2 Å². The predicted octanol–water partition coefficient (Wildman–Crippen LogP) is 4.48. The molecule has 0 saturated carbocycles. The van der Waals surface area contributed by atoms with Crippen molar-refractivity contribution in [2.24, 2.45) is 4.40 Å². The second kappa shape index (κ2) is 11.0. The number of sulfonamides is 1. The summed E-state index contributed by atoms with van der Waals surface area (Å²) in [5.41, 5.74) is 2.00. The van der Waals surface area contributed by atoms with Crippen LogP contribution in [0.25, 0.3) is 0 Å². The summed E-state index contributed by atoms with van der Waals surface area (Å²) in [7, 11) is -2.55. The predicted molar refractivity (Wildman–Crippen MR) is 142 cm³/mol. The molecule has 3 aromatic carbocycles. The molecule has 0 spiro atoms. The third kappa shape index (κ3) is 5.77. The van der Waals surface area contributed by atoms with Crippen molar-refractivity contribution in [2.45, 2.75) is 29.9 Å². The molecule has 0 aromatic heterocycles. The van der Waals surface area contributed by atoms with Gasteiger partial charge >= 0.3 is 0 Å². The first-order valence-corrected chi connectivity index (χ1v) is 13.6. The molecule has 3 aromatic rings. The zero-order chi connectivity index (χ0) is 25.7. The third-order valence-corrected chi connectivity index (χ3v) is 8.04. The summed E-state index contributed by atoms with van der Waals surface area (Å²) in [5.74, 6) is -0.218. The van der Waals surface area contributed by atoms with Crippen LogP contribution in [0.2, 0.25) is 0 Å². The summed E-state index contributed by atoms with van der Waals surface area (Å²) in [5, 5.41) is 1.92. The lowest BCUT2D eigenvalue weighted by Gasteiger charge is -2.16. The molecule has 1 aliphatic heterocycles. The highest BCUT2D eigenvalue weighted by Gasteiger charge is 2.41. The minimum atomic E-state index is -4.08. The van der Waals surface area contributed by atoms with Crippen LogP contribution in [0.3, 0.4) is 0 Å². The van der Waals surface area contributed by atoms with Crippen molar-refractivity contribution in [3.8, 4) is 5.75 Å². The van der Waals surface area contributed by atoms with Gasteiger partial charge in [-0.2, -0.15) is 8.42 Å². The molecule has 1 heterocycles. The lowest BCUT2D eigenvalue weighted by Crippen LogP contribution is -2.33. The van der Waals surface area contributed by atoms with Gasteiger partial charge in [0.1, 0.15) is 11.0 Å². The average Bonchev–Trinajstić information content (AvgIpc) is 3.17. The van der Waals surface area contributed by atoms with E-state index in [9.17, 15) is 18.0 Å². The minimum Gasteiger partial charge on any atom is -0.497 e. The van der Waals surface area contributed by atoms with Gasteiger partial charge in [-0.15, -0.1) is 4.40 Å². The van der Waals surface area contributed by atoms with Crippen LogP contribution in [0.1, 0.15) is 18.9 Å². The van der Waals surface area contributed by atoms with Crippen molar-refractivity contribution >= 4 is 50.1 Å². The molecule has 36 heavy (non-hydrogen) atoms. The van der Waals surface area contributed by atoms with E-state index in [1.807, 2.05) is 6.92 Å². The van der Waals surface area contributed by atoms with Crippen molar-refractivity contribution in [1.82, 2.24) is 0 Å². The number of amides is 2. The first-order chi connectivity index (χ1) is 17.3. The van der Waals surface area contributed by atoms with E-state index >= 15 is 0 Å². The van der Waals surface area contributed by atoms with Crippen LogP contribution in [-0.2, 0) is 26.0 Å². The summed E-state index contributed by atoms with van der Waals surface area (Å²) in [4.78, 5) is 27.4. The number of methoxy groups -OCH3 is 1. The number of hydrogen-bond acceptors (Lipinski definition) is 6. The Morgan fingerprint density at radius 1 is 1.06 bits per heavy atom. The molecule has 1 unspecified atom stereocenters. The maximum absolute atomic E-state index is 13.3. The number of ether oxygens (including phenoxy) is 1. The largest absolute Gasteiger partial charge is 0.497 e. The van der Waals surface area contributed by atoms with Gasteiger partial charge in [0.05, 0.1) is 17.7 Å². The number of nitrogens with one attached hydrogen (secondary N) is 1. The maximum atomic E-state index is 13.3. The number of anilines is 2. The molecule has 1 saturated heterocycles. The standard InChI is InChI=1S/C26H25N3O5S2/c1-3-18-12-14-22(15-13-18)36(32,33)28-26-29(20-9-5-4-6-10-20)25(31)23(35-26)17-24(30)27-19-8-7-11-21(16-19)34-2/h4-16,23H,3,17H2,1-2H3,(H,27,30). The van der Waals surface area contributed by atoms with E-state index in [0.717, 1.165) is 23.7 Å². The molecule has 2 amide bonds. The van der Waals surface area contributed by atoms with Crippen molar-refractivity contribution in [3.05, 3.63) is 84.4 Å². The third-order valence-electron chi connectivity index (χ3n) is 5.50. The van der Waals surface area contributed by atoms with Gasteiger partial charge in [-0.05, 0) is 48.4 Å². The first kappa shape index (κ1) is 25.5. The number of amidine groups is 1. The summed E-state index contributed by atoms with van der Waals surface area (Å²) in [6.45, 7) is 1.98. The van der Waals surface area contributed by atoms with E-state index in [1.165, 1.54) is 24.1 Å². The molecule has 1 fully saturated rings. The maximum Gasteiger partial charge on any atom is 0.284 e. The lowest BCUT2D eigenvalue weighted by molar-refractivity contribution is -0.121. The molecular formula is C26H25N3O5S2. The number of nitrogens with zero attached hydrogens (tertiary/aromatic N) is 2. The van der Waals surface area contributed by atoms with Crippen LogP contribution in [0, 0.1) is 0 Å². The zero-order valence-electron chi connectivity index (χ0n) is 19.7. The number of benzene rings is 3. The summed E-state index contributed by atoms with van der Waals surface area (Å²) in [6, 6.07) is 22.0. The number of thioether (sulfide) groups is 1. The van der Waals surface area contributed by atoms with E-state index in [2.05, 4.69) is 9.71 Å². The van der Waals surface area contributed by atoms with Gasteiger partial charge in [-0.1, -0.05) is 55.1 Å². The Balaban J connectivity index is 1.60. The average molecular weight is 524 g/mol. The quantitative estimate of drug-likeness (QED) is 0.467. The summed E-state index contributed by atoms with van der Waals surface area (Å²) < 4.78 is 35.3. The van der Waals surface area contributed by atoms with Gasteiger partial charge < -0.3 is 10.1 Å². The molecule has 10 heteroatoms. The Morgan fingerprint density at radius 3 is 2.44 bits per heavy atom. The highest BCUT2D eigenvalue weighted by atomic mass is 32.2. The molecular weight excluding hydrogens is 498 g/mol. The fourth-order valence-electron chi connectivity index (χ4n) is 3.61. The Labute approximate surface area is 214 Å². The van der Waals surface area contributed by atoms with E-state index in [4.69, 9.17) is 4.74 Å². The van der Waals surface area contributed by atoms with Gasteiger partial charge in [0.25, 0.3) is 10.0 Å². The number of carbonyl (C=O) groups excluding carboxylic acids is 2. The molecule has 8 nitrogen and oxygen atoms in total. The van der Waals surface area contributed by atoms with Crippen molar-refractivity contribution in [3.63, 3.8) is 0 Å². The van der Waals surface area contributed by atoms with Crippen LogP contribution < -0.4 is 15.0 Å². The van der Waals surface area contributed by atoms with Crippen molar-refractivity contribution in [1.29, 1.82) is 0 Å². The van der Waals surface area contributed by atoms with Crippen molar-refractivity contribution in [2.75, 3.05) is 17.3 Å². The monoisotopic (exact) mass is 523 g/mol. The Kier molecular flexibility index (Phi) is 7.76. The van der Waals surface area contributed by atoms with Crippen LogP contribution in [0.5, 0.6) is 5.75 Å². The molecule has 1 aliphatic rings. The van der Waals surface area contributed by atoms with Crippen molar-refractivity contribution < 1.29 is 22.7 Å². The molecule has 0 radical (unpaired) electrons. The van der Waals surface area contributed by atoms with E-state index in [0.29, 0.717) is 17.1 Å². The number of carbonyl (C=O) groups is 2. The molecule has 0 bridgehead atoms. The first-order valence-electron chi connectivity index (χ1n) is 11.2. The van der Waals surface area contributed by atoms with Crippen LogP contribution >= 0.6 is 11.8 Å². The minimum absolute atomic E-state index is 0.00458. The summed E-state index contributed by atoms with van der Waals surface area (Å²) >= 11 is 0.959. The van der Waals surface area contributed by atoms with Crippen LogP contribution in [-0.4, -0.2) is 37.8 Å². The molecule has 4 rings (SSSR count). The highest BCUT2D eigenvalue weighted by molar-refractivity contribution is 8.16. The molecule has 1 atom stereocenters. The molecule has 0 aliphatic carbocycles. The zero-order valence-corrected chi connectivity index (χ0v) is 21.4. The lowest BCUT2D eigenvalue weighted by atomic mass is 10.2. The second-order valence-corrected chi connectivity index (χ2v) is 10.7. The number of rotatable bonds is 8. The fraction of sp³-hybridized carbons (Fsp3) is 0.192. The number of hydrogen-bond donors (Lipinski definition) is 1. The van der Waals surface area contributed by atoms with Gasteiger partial charge in [0.15, 0.2) is 5.17 Å². The van der Waals surface area contributed by atoms with Gasteiger partial charge in [0, 0.05) is 18.2 Å². The Hall–Kier alpha value is -3.63. The number of aryl methyl sites for hydroxylation is 1. The topological polar surface area (TPSA) is 105 Å². The highest BCUT2D eigenvalue weighted by Crippen LogP contribution is 2.35. The van der Waals surface area contributed by atoms with E-state index < -0.39 is 21.2 Å². The number of para-hydroxylation sites is 1. The SMILES string of the molecule is CCc1ccc(S(=O)(=O)N=C2SC(CC(=O)Nc3cccc(OC)c3)C(=O)N2c2ccccc2)cc1. The normalized spacial score (nSPS) is 16.8. The van der Waals surface area contributed by atoms with E-state index in [-0.39, 0.29) is 22.4 Å².